The van der Waals surface area contributed by atoms with Crippen molar-refractivity contribution in [2.75, 3.05) is 10.7 Å². The number of carbonyl (C=O) groups excluding carboxylic acids is 1. The molecule has 5 aromatic rings. The molecule has 1 amide bonds. The topological polar surface area (TPSA) is 157 Å². The summed E-state index contributed by atoms with van der Waals surface area (Å²) in [6.07, 6.45) is 1.50. The minimum absolute atomic E-state index is 0.248. The molecular weight excluding hydrogens is 436 g/mol. The molecule has 4 N–H and O–H groups in total. The first-order valence-corrected chi connectivity index (χ1v) is 10.2. The fourth-order valence-corrected chi connectivity index (χ4v) is 3.18. The Bertz CT molecular complexity index is 1480. The molecule has 0 aliphatic heterocycles. The van der Waals surface area contributed by atoms with Crippen LogP contribution in [0.4, 0.5) is 11.6 Å². The van der Waals surface area contributed by atoms with Crippen LogP contribution in [0, 0.1) is 0 Å². The van der Waals surface area contributed by atoms with E-state index in [4.69, 9.17) is 14.8 Å². The van der Waals surface area contributed by atoms with Gasteiger partial charge in [0.15, 0.2) is 11.6 Å². The molecule has 0 spiro atoms. The Hall–Kier alpha value is -5.06. The van der Waals surface area contributed by atoms with Gasteiger partial charge in [0, 0.05) is 17.7 Å². The fraction of sp³-hybridized carbons (Fsp3) is 0.0435. The Balaban J connectivity index is 1.33. The van der Waals surface area contributed by atoms with Crippen LogP contribution in [-0.2, 0) is 6.54 Å². The first-order chi connectivity index (χ1) is 16.7. The van der Waals surface area contributed by atoms with E-state index >= 15 is 0 Å². The van der Waals surface area contributed by atoms with Crippen LogP contribution < -0.4 is 16.5 Å². The van der Waals surface area contributed by atoms with Crippen LogP contribution in [0.15, 0.2) is 80.9 Å². The number of fused-ring (bicyclic) bond motifs is 1. The molecule has 34 heavy (non-hydrogen) atoms. The standard InChI is InChI=1S/C23H18N8O3/c24-19(32)16-8-4-7-15(11-16)18-10-9-17(33-18)13-26-29-21-20(25-12-14-5-2-1-3-6-14)27-22-23(28-21)31-34-30-22/h1-11,13H,12H2,(H2,24,32)(H,25,27,30)(H,28,29,31)/b26-13+. The van der Waals surface area contributed by atoms with Gasteiger partial charge in [-0.05, 0) is 40.1 Å². The minimum Gasteiger partial charge on any atom is -0.455 e. The number of nitrogens with one attached hydrogen (secondary N) is 2. The molecule has 11 nitrogen and oxygen atoms in total. The number of hydrogen-bond acceptors (Lipinski definition) is 10. The maximum atomic E-state index is 11.4. The lowest BCUT2D eigenvalue weighted by Crippen LogP contribution is -2.10. The van der Waals surface area contributed by atoms with Gasteiger partial charge in [0.05, 0.1) is 6.21 Å². The highest BCUT2D eigenvalue weighted by atomic mass is 16.6. The summed E-state index contributed by atoms with van der Waals surface area (Å²) in [5.74, 6) is 1.34. The molecule has 2 aromatic carbocycles. The smallest absolute Gasteiger partial charge is 0.248 e. The van der Waals surface area contributed by atoms with E-state index in [0.29, 0.717) is 35.3 Å². The third kappa shape index (κ3) is 4.58. The Morgan fingerprint density at radius 1 is 0.971 bits per heavy atom. The maximum Gasteiger partial charge on any atom is 0.248 e. The highest BCUT2D eigenvalue weighted by Gasteiger charge is 2.12. The number of rotatable bonds is 8. The summed E-state index contributed by atoms with van der Waals surface area (Å²) in [5, 5.41) is 14.9. The molecule has 0 aliphatic carbocycles. The quantitative estimate of drug-likeness (QED) is 0.236. The predicted molar refractivity (Wildman–Crippen MR) is 125 cm³/mol. The van der Waals surface area contributed by atoms with Gasteiger partial charge < -0.3 is 15.5 Å². The van der Waals surface area contributed by atoms with E-state index in [0.717, 1.165) is 11.1 Å². The van der Waals surface area contributed by atoms with Gasteiger partial charge in [0.25, 0.3) is 0 Å². The number of nitrogens with two attached hydrogens (primary N) is 1. The first-order valence-electron chi connectivity index (χ1n) is 10.2. The van der Waals surface area contributed by atoms with Crippen LogP contribution in [0.3, 0.4) is 0 Å². The van der Waals surface area contributed by atoms with Crippen molar-refractivity contribution in [3.8, 4) is 11.3 Å². The summed E-state index contributed by atoms with van der Waals surface area (Å²) in [5.41, 5.74) is 10.9. The number of aromatic nitrogens is 4. The lowest BCUT2D eigenvalue weighted by atomic mass is 10.1. The molecule has 0 fully saturated rings. The van der Waals surface area contributed by atoms with Crippen molar-refractivity contribution in [3.63, 3.8) is 0 Å². The van der Waals surface area contributed by atoms with Crippen LogP contribution in [0.2, 0.25) is 0 Å². The number of benzene rings is 2. The predicted octanol–water partition coefficient (Wildman–Crippen LogP) is 3.43. The van der Waals surface area contributed by atoms with Crippen LogP contribution in [0.1, 0.15) is 21.7 Å². The molecule has 5 rings (SSSR count). The zero-order valence-electron chi connectivity index (χ0n) is 17.7. The molecular formula is C23H18N8O3. The summed E-state index contributed by atoms with van der Waals surface area (Å²) < 4.78 is 10.5. The molecule has 3 aromatic heterocycles. The van der Waals surface area contributed by atoms with Crippen LogP contribution in [-0.4, -0.2) is 32.4 Å². The number of primary amides is 1. The highest BCUT2D eigenvalue weighted by molar-refractivity contribution is 5.94. The van der Waals surface area contributed by atoms with Gasteiger partial charge in [-0.3, -0.25) is 10.2 Å². The molecule has 11 heteroatoms. The normalized spacial score (nSPS) is 11.2. The molecule has 0 radical (unpaired) electrons. The molecule has 0 bridgehead atoms. The average molecular weight is 454 g/mol. The molecule has 0 unspecified atom stereocenters. The third-order valence-corrected chi connectivity index (χ3v) is 4.84. The largest absolute Gasteiger partial charge is 0.455 e. The van der Waals surface area contributed by atoms with Crippen LogP contribution in [0.25, 0.3) is 22.6 Å². The number of hydrazone groups is 1. The van der Waals surface area contributed by atoms with Crippen molar-refractivity contribution < 1.29 is 13.8 Å². The van der Waals surface area contributed by atoms with Gasteiger partial charge in [-0.1, -0.05) is 42.5 Å². The van der Waals surface area contributed by atoms with E-state index in [1.807, 2.05) is 36.4 Å². The number of amides is 1. The van der Waals surface area contributed by atoms with E-state index in [-0.39, 0.29) is 11.3 Å². The number of nitrogens with zero attached hydrogens (tertiary/aromatic N) is 5. The van der Waals surface area contributed by atoms with Crippen LogP contribution in [0.5, 0.6) is 0 Å². The average Bonchev–Trinajstić information content (AvgIpc) is 3.52. The highest BCUT2D eigenvalue weighted by Crippen LogP contribution is 2.23. The van der Waals surface area contributed by atoms with Gasteiger partial charge in [-0.2, -0.15) is 10.1 Å². The Labute approximate surface area is 192 Å². The molecule has 0 saturated carbocycles. The van der Waals surface area contributed by atoms with Crippen molar-refractivity contribution in [2.45, 2.75) is 6.54 Å². The van der Waals surface area contributed by atoms with Gasteiger partial charge in [0.1, 0.15) is 11.5 Å². The zero-order valence-corrected chi connectivity index (χ0v) is 17.7. The summed E-state index contributed by atoms with van der Waals surface area (Å²) in [7, 11) is 0. The summed E-state index contributed by atoms with van der Waals surface area (Å²) in [6, 6.07) is 20.3. The van der Waals surface area contributed by atoms with E-state index in [9.17, 15) is 4.79 Å². The van der Waals surface area contributed by atoms with E-state index in [1.54, 1.807) is 30.3 Å². The summed E-state index contributed by atoms with van der Waals surface area (Å²) >= 11 is 0. The van der Waals surface area contributed by atoms with E-state index in [2.05, 4.69) is 36.1 Å². The van der Waals surface area contributed by atoms with Crippen molar-refractivity contribution >= 4 is 35.1 Å². The molecule has 0 aliphatic rings. The zero-order chi connectivity index (χ0) is 23.3. The monoisotopic (exact) mass is 454 g/mol. The maximum absolute atomic E-state index is 11.4. The molecule has 3 heterocycles. The number of carbonyl (C=O) groups is 1. The number of hydrogen-bond donors (Lipinski definition) is 3. The van der Waals surface area contributed by atoms with Crippen molar-refractivity contribution in [1.29, 1.82) is 0 Å². The second-order valence-electron chi connectivity index (χ2n) is 7.19. The molecule has 0 saturated heterocycles. The lowest BCUT2D eigenvalue weighted by molar-refractivity contribution is 0.100. The Morgan fingerprint density at radius 3 is 2.56 bits per heavy atom. The first kappa shape index (κ1) is 20.8. The van der Waals surface area contributed by atoms with Gasteiger partial charge in [-0.15, -0.1) is 0 Å². The van der Waals surface area contributed by atoms with Gasteiger partial charge in [0.2, 0.25) is 17.2 Å². The second-order valence-corrected chi connectivity index (χ2v) is 7.19. The lowest BCUT2D eigenvalue weighted by Gasteiger charge is -2.09. The molecule has 168 valence electrons. The van der Waals surface area contributed by atoms with Gasteiger partial charge in [-0.25, -0.2) is 9.61 Å². The van der Waals surface area contributed by atoms with Crippen molar-refractivity contribution in [1.82, 2.24) is 20.3 Å². The van der Waals surface area contributed by atoms with Crippen molar-refractivity contribution in [2.24, 2.45) is 10.8 Å². The Kier molecular flexibility index (Phi) is 5.64. The number of furan rings is 1. The summed E-state index contributed by atoms with van der Waals surface area (Å²) in [6.45, 7) is 0.524. The number of anilines is 2. The fourth-order valence-electron chi connectivity index (χ4n) is 3.18. The molecule has 0 atom stereocenters. The second kappa shape index (κ2) is 9.20. The van der Waals surface area contributed by atoms with E-state index in [1.165, 1.54) is 6.21 Å². The minimum atomic E-state index is -0.503. The van der Waals surface area contributed by atoms with Crippen molar-refractivity contribution in [3.05, 3.63) is 83.6 Å². The van der Waals surface area contributed by atoms with E-state index < -0.39 is 5.91 Å². The SMILES string of the molecule is NC(=O)c1cccc(-c2ccc(/C=N/Nc3nc4nonc4nc3NCc3ccccc3)o2)c1. The van der Waals surface area contributed by atoms with Crippen LogP contribution >= 0.6 is 0 Å². The third-order valence-electron chi connectivity index (χ3n) is 4.84. The Morgan fingerprint density at radius 2 is 1.76 bits per heavy atom. The summed E-state index contributed by atoms with van der Waals surface area (Å²) in [4.78, 5) is 20.2. The van der Waals surface area contributed by atoms with Gasteiger partial charge >= 0.3 is 0 Å².